The van der Waals surface area contributed by atoms with Crippen molar-refractivity contribution >= 4 is 17.9 Å². The van der Waals surface area contributed by atoms with Crippen LogP contribution < -0.4 is 11.9 Å². The molecule has 0 rings (SSSR count). The van der Waals surface area contributed by atoms with Gasteiger partial charge in [0.2, 0.25) is 0 Å². The maximum Gasteiger partial charge on any atom is 0.330 e. The average molecular weight is 346 g/mol. The maximum atomic E-state index is 11.5. The lowest BCUT2D eigenvalue weighted by Crippen LogP contribution is -2.34. The SMILES string of the molecule is CCCCCCCCCCCC(=O)OC(=O)C(N)CCC(=O)O.N. The van der Waals surface area contributed by atoms with Crippen LogP contribution >= 0.6 is 0 Å². The van der Waals surface area contributed by atoms with Gasteiger partial charge in [-0.2, -0.15) is 0 Å². The van der Waals surface area contributed by atoms with E-state index in [1.165, 1.54) is 38.5 Å². The van der Waals surface area contributed by atoms with Crippen molar-refractivity contribution < 1.29 is 24.2 Å². The largest absolute Gasteiger partial charge is 0.481 e. The van der Waals surface area contributed by atoms with E-state index in [-0.39, 0.29) is 25.4 Å². The van der Waals surface area contributed by atoms with Crippen LogP contribution in [0.2, 0.25) is 0 Å². The summed E-state index contributed by atoms with van der Waals surface area (Å²) in [5.74, 6) is -2.45. The van der Waals surface area contributed by atoms with E-state index < -0.39 is 23.9 Å². The Balaban J connectivity index is 0. The van der Waals surface area contributed by atoms with E-state index in [1.54, 1.807) is 0 Å². The van der Waals surface area contributed by atoms with Crippen LogP contribution in [-0.4, -0.2) is 29.1 Å². The number of ether oxygens (including phenoxy) is 1. The Morgan fingerprint density at radius 3 is 1.92 bits per heavy atom. The number of unbranched alkanes of at least 4 members (excludes halogenated alkanes) is 8. The maximum absolute atomic E-state index is 11.5. The highest BCUT2D eigenvalue weighted by Gasteiger charge is 2.19. The minimum atomic E-state index is -1.06. The van der Waals surface area contributed by atoms with E-state index in [2.05, 4.69) is 11.7 Å². The average Bonchev–Trinajstić information content (AvgIpc) is 2.50. The van der Waals surface area contributed by atoms with E-state index in [1.807, 2.05) is 0 Å². The number of hydrogen-bond acceptors (Lipinski definition) is 6. The highest BCUT2D eigenvalue weighted by atomic mass is 16.6. The zero-order valence-electron chi connectivity index (χ0n) is 14.9. The first-order valence-corrected chi connectivity index (χ1v) is 8.69. The Morgan fingerprint density at radius 2 is 1.42 bits per heavy atom. The predicted octanol–water partition coefficient (Wildman–Crippen LogP) is 3.33. The van der Waals surface area contributed by atoms with Crippen molar-refractivity contribution in [1.29, 1.82) is 0 Å². The van der Waals surface area contributed by atoms with Gasteiger partial charge in [0.05, 0.1) is 0 Å². The Labute approximate surface area is 144 Å². The molecule has 0 saturated carbocycles. The first-order chi connectivity index (χ1) is 11.0. The molecule has 7 nitrogen and oxygen atoms in total. The summed E-state index contributed by atoms with van der Waals surface area (Å²) in [5, 5.41) is 8.50. The van der Waals surface area contributed by atoms with E-state index >= 15 is 0 Å². The van der Waals surface area contributed by atoms with Crippen molar-refractivity contribution in [3.05, 3.63) is 0 Å². The van der Waals surface area contributed by atoms with E-state index in [4.69, 9.17) is 10.8 Å². The number of aliphatic carboxylic acids is 1. The van der Waals surface area contributed by atoms with Crippen LogP contribution in [0, 0.1) is 0 Å². The number of carboxylic acid groups (broad SMARTS) is 1. The van der Waals surface area contributed by atoms with Gasteiger partial charge < -0.3 is 21.7 Å². The first-order valence-electron chi connectivity index (χ1n) is 8.69. The van der Waals surface area contributed by atoms with E-state index in [0.717, 1.165) is 12.8 Å². The van der Waals surface area contributed by atoms with E-state index in [9.17, 15) is 14.4 Å². The van der Waals surface area contributed by atoms with Gasteiger partial charge in [0.15, 0.2) is 0 Å². The first kappa shape index (κ1) is 24.8. The number of hydrogen-bond donors (Lipinski definition) is 3. The summed E-state index contributed by atoms with van der Waals surface area (Å²) in [6.45, 7) is 2.20. The van der Waals surface area contributed by atoms with Crippen LogP contribution in [0.15, 0.2) is 0 Å². The summed E-state index contributed by atoms with van der Waals surface area (Å²) >= 11 is 0. The molecule has 0 aliphatic rings. The molecule has 0 radical (unpaired) electrons. The Bertz CT molecular complexity index is 361. The summed E-state index contributed by atoms with van der Waals surface area (Å²) in [6, 6.07) is -1.06. The molecule has 1 unspecified atom stereocenters. The highest BCUT2D eigenvalue weighted by Crippen LogP contribution is 2.11. The lowest BCUT2D eigenvalue weighted by atomic mass is 10.1. The zero-order valence-corrected chi connectivity index (χ0v) is 14.9. The molecular formula is C17H34N2O5. The second-order valence-corrected chi connectivity index (χ2v) is 5.91. The quantitative estimate of drug-likeness (QED) is 0.249. The van der Waals surface area contributed by atoms with Crippen molar-refractivity contribution in [3.8, 4) is 0 Å². The fourth-order valence-corrected chi connectivity index (χ4v) is 2.22. The molecule has 0 fully saturated rings. The molecule has 1 atom stereocenters. The summed E-state index contributed by atoms with van der Waals surface area (Å²) < 4.78 is 4.62. The van der Waals surface area contributed by atoms with Crippen molar-refractivity contribution in [2.45, 2.75) is 90.0 Å². The van der Waals surface area contributed by atoms with Crippen molar-refractivity contribution in [1.82, 2.24) is 6.15 Å². The fourth-order valence-electron chi connectivity index (χ4n) is 2.22. The van der Waals surface area contributed by atoms with Crippen molar-refractivity contribution in [3.63, 3.8) is 0 Å². The standard InChI is InChI=1S/C17H31NO5.H3N/c1-2-3-4-5-6-7-8-9-10-11-16(21)23-17(22)14(18)12-13-15(19)20;/h14H,2-13,18H2,1H3,(H,19,20);1H3. The number of nitrogens with two attached hydrogens (primary N) is 1. The number of carbonyl (C=O) groups is 3. The molecular weight excluding hydrogens is 312 g/mol. The molecule has 0 saturated heterocycles. The lowest BCUT2D eigenvalue weighted by molar-refractivity contribution is -0.160. The van der Waals surface area contributed by atoms with Gasteiger partial charge in [-0.3, -0.25) is 9.59 Å². The summed E-state index contributed by atoms with van der Waals surface area (Å²) in [7, 11) is 0. The monoisotopic (exact) mass is 346 g/mol. The normalized spacial score (nSPS) is 11.4. The van der Waals surface area contributed by atoms with Crippen molar-refractivity contribution in [2.75, 3.05) is 0 Å². The molecule has 0 amide bonds. The van der Waals surface area contributed by atoms with Crippen LogP contribution in [0.5, 0.6) is 0 Å². The molecule has 0 aromatic carbocycles. The minimum Gasteiger partial charge on any atom is -0.481 e. The number of rotatable bonds is 14. The zero-order chi connectivity index (χ0) is 17.5. The number of esters is 2. The van der Waals surface area contributed by atoms with Crippen LogP contribution in [0.4, 0.5) is 0 Å². The third kappa shape index (κ3) is 15.4. The molecule has 0 aromatic heterocycles. The lowest BCUT2D eigenvalue weighted by Gasteiger charge is -2.09. The third-order valence-corrected chi connectivity index (χ3v) is 3.67. The Hall–Kier alpha value is -1.47. The topological polar surface area (TPSA) is 142 Å². The summed E-state index contributed by atoms with van der Waals surface area (Å²) in [4.78, 5) is 33.3. The molecule has 0 heterocycles. The molecule has 24 heavy (non-hydrogen) atoms. The number of carbonyl (C=O) groups excluding carboxylic acids is 2. The molecule has 0 bridgehead atoms. The van der Waals surface area contributed by atoms with Crippen LogP contribution in [0.25, 0.3) is 0 Å². The van der Waals surface area contributed by atoms with Gasteiger partial charge in [-0.15, -0.1) is 0 Å². The van der Waals surface area contributed by atoms with Gasteiger partial charge in [0.25, 0.3) is 0 Å². The molecule has 142 valence electrons. The molecule has 0 spiro atoms. The molecule has 0 aliphatic heterocycles. The molecule has 7 heteroatoms. The summed E-state index contributed by atoms with van der Waals surface area (Å²) in [5.41, 5.74) is 5.47. The smallest absolute Gasteiger partial charge is 0.330 e. The van der Waals surface area contributed by atoms with Crippen LogP contribution in [0.1, 0.15) is 84.0 Å². The fraction of sp³-hybridized carbons (Fsp3) is 0.824. The van der Waals surface area contributed by atoms with Crippen molar-refractivity contribution in [2.24, 2.45) is 5.73 Å². The van der Waals surface area contributed by atoms with Gasteiger partial charge in [-0.05, 0) is 12.8 Å². The second kappa shape index (κ2) is 16.4. The van der Waals surface area contributed by atoms with Gasteiger partial charge in [-0.25, -0.2) is 4.79 Å². The van der Waals surface area contributed by atoms with Gasteiger partial charge in [0, 0.05) is 12.8 Å². The predicted molar refractivity (Wildman–Crippen MR) is 92.8 cm³/mol. The molecule has 6 N–H and O–H groups in total. The minimum absolute atomic E-state index is 0. The van der Waals surface area contributed by atoms with Gasteiger partial charge in [-0.1, -0.05) is 58.3 Å². The third-order valence-electron chi connectivity index (χ3n) is 3.67. The highest BCUT2D eigenvalue weighted by molar-refractivity contribution is 5.88. The van der Waals surface area contributed by atoms with Gasteiger partial charge >= 0.3 is 17.9 Å². The second-order valence-electron chi connectivity index (χ2n) is 5.91. The van der Waals surface area contributed by atoms with E-state index in [0.29, 0.717) is 6.42 Å². The van der Waals surface area contributed by atoms with Gasteiger partial charge in [0.1, 0.15) is 6.04 Å². The van der Waals surface area contributed by atoms with Crippen LogP contribution in [-0.2, 0) is 19.1 Å². The Kier molecular flexibility index (Phi) is 16.9. The van der Waals surface area contributed by atoms with Crippen LogP contribution in [0.3, 0.4) is 0 Å². The Morgan fingerprint density at radius 1 is 0.917 bits per heavy atom. The summed E-state index contributed by atoms with van der Waals surface area (Å²) in [6.07, 6.45) is 10.2. The number of carboxylic acids is 1. The molecule has 0 aromatic rings. The molecule has 0 aliphatic carbocycles.